The first-order valence-electron chi connectivity index (χ1n) is 7.95. The fourth-order valence-corrected chi connectivity index (χ4v) is 3.36. The minimum absolute atomic E-state index is 0.107. The number of ether oxygens (including phenoxy) is 2. The van der Waals surface area contributed by atoms with Gasteiger partial charge in [-0.25, -0.2) is 4.79 Å². The lowest BCUT2D eigenvalue weighted by Crippen LogP contribution is -2.58. The first-order chi connectivity index (χ1) is 10.5. The maximum atomic E-state index is 12.3. The predicted molar refractivity (Wildman–Crippen MR) is 77.5 cm³/mol. The molecule has 2 saturated carbocycles. The van der Waals surface area contributed by atoms with Gasteiger partial charge in [-0.1, -0.05) is 0 Å². The van der Waals surface area contributed by atoms with E-state index in [-0.39, 0.29) is 18.1 Å². The zero-order chi connectivity index (χ0) is 15.7. The van der Waals surface area contributed by atoms with E-state index in [0.717, 1.165) is 0 Å². The summed E-state index contributed by atoms with van der Waals surface area (Å²) in [6.07, 6.45) is 3.48. The summed E-state index contributed by atoms with van der Waals surface area (Å²) in [4.78, 5) is 25.0. The third-order valence-electron chi connectivity index (χ3n) is 5.11. The quantitative estimate of drug-likeness (QED) is 0.779. The van der Waals surface area contributed by atoms with Crippen molar-refractivity contribution in [1.82, 2.24) is 10.2 Å². The van der Waals surface area contributed by atoms with Crippen molar-refractivity contribution in [3.8, 4) is 0 Å². The summed E-state index contributed by atoms with van der Waals surface area (Å²) < 4.78 is 11.2. The average Bonchev–Trinajstić information content (AvgIpc) is 3.30. The van der Waals surface area contributed by atoms with Crippen molar-refractivity contribution in [2.75, 3.05) is 33.4 Å². The molecular weight excluding hydrogens is 288 g/mol. The van der Waals surface area contributed by atoms with Crippen LogP contribution in [-0.4, -0.2) is 67.1 Å². The normalized spacial score (nSPS) is 34.9. The van der Waals surface area contributed by atoms with E-state index < -0.39 is 11.6 Å². The number of urea groups is 1. The molecule has 124 valence electrons. The molecule has 22 heavy (non-hydrogen) atoms. The van der Waals surface area contributed by atoms with E-state index in [1.807, 2.05) is 0 Å². The first kappa shape index (κ1) is 15.6. The standard InChI is InChI=1S/C15H24N2O5/c1-21-15(6-11(7-15)13(18)19)9-16-14(20)17-4-5-22-12(8-17)10-2-3-10/h10-12H,2-9H2,1H3,(H,16,20)(H,18,19). The Hall–Kier alpha value is -1.34. The number of rotatable bonds is 5. The lowest BCUT2D eigenvalue weighted by atomic mass is 9.70. The molecule has 0 bridgehead atoms. The summed E-state index contributed by atoms with van der Waals surface area (Å²) in [5.41, 5.74) is -0.527. The third-order valence-corrected chi connectivity index (χ3v) is 5.11. The number of morpholine rings is 1. The molecule has 0 radical (unpaired) electrons. The van der Waals surface area contributed by atoms with Crippen LogP contribution in [0.1, 0.15) is 25.7 Å². The molecule has 0 spiro atoms. The maximum absolute atomic E-state index is 12.3. The average molecular weight is 312 g/mol. The van der Waals surface area contributed by atoms with E-state index in [1.165, 1.54) is 12.8 Å². The van der Waals surface area contributed by atoms with Crippen LogP contribution in [-0.2, 0) is 14.3 Å². The van der Waals surface area contributed by atoms with E-state index in [2.05, 4.69) is 5.32 Å². The van der Waals surface area contributed by atoms with Crippen LogP contribution in [0.25, 0.3) is 0 Å². The number of nitrogens with one attached hydrogen (secondary N) is 1. The molecule has 0 aromatic rings. The molecule has 1 aliphatic heterocycles. The van der Waals surface area contributed by atoms with E-state index in [0.29, 0.717) is 45.0 Å². The van der Waals surface area contributed by atoms with Crippen LogP contribution in [0.3, 0.4) is 0 Å². The van der Waals surface area contributed by atoms with Gasteiger partial charge < -0.3 is 24.8 Å². The fourth-order valence-electron chi connectivity index (χ4n) is 3.36. The molecule has 0 aromatic heterocycles. The van der Waals surface area contributed by atoms with Gasteiger partial charge in [0.2, 0.25) is 0 Å². The van der Waals surface area contributed by atoms with Crippen LogP contribution in [0.15, 0.2) is 0 Å². The van der Waals surface area contributed by atoms with E-state index in [1.54, 1.807) is 12.0 Å². The van der Waals surface area contributed by atoms with Gasteiger partial charge in [-0.2, -0.15) is 0 Å². The number of aliphatic carboxylic acids is 1. The summed E-state index contributed by atoms with van der Waals surface area (Å²) in [6, 6.07) is -0.107. The topological polar surface area (TPSA) is 88.1 Å². The van der Waals surface area contributed by atoms with Crippen molar-refractivity contribution >= 4 is 12.0 Å². The largest absolute Gasteiger partial charge is 0.481 e. The molecule has 1 heterocycles. The number of nitrogens with zero attached hydrogens (tertiary/aromatic N) is 1. The number of methoxy groups -OCH3 is 1. The summed E-state index contributed by atoms with van der Waals surface area (Å²) in [7, 11) is 1.57. The zero-order valence-electron chi connectivity index (χ0n) is 12.9. The van der Waals surface area contributed by atoms with Crippen LogP contribution < -0.4 is 5.32 Å². The molecule has 3 rings (SSSR count). The lowest BCUT2D eigenvalue weighted by molar-refractivity contribution is -0.161. The molecule has 1 saturated heterocycles. The first-order valence-corrected chi connectivity index (χ1v) is 7.95. The molecule has 2 N–H and O–H groups in total. The van der Waals surface area contributed by atoms with Crippen LogP contribution in [0.5, 0.6) is 0 Å². The van der Waals surface area contributed by atoms with Crippen LogP contribution in [0.4, 0.5) is 4.79 Å². The Balaban J connectivity index is 1.46. The lowest BCUT2D eigenvalue weighted by Gasteiger charge is -2.45. The van der Waals surface area contributed by atoms with Crippen molar-refractivity contribution in [3.63, 3.8) is 0 Å². The van der Waals surface area contributed by atoms with Gasteiger partial charge in [0.05, 0.1) is 24.2 Å². The highest BCUT2D eigenvalue weighted by Crippen LogP contribution is 2.40. The van der Waals surface area contributed by atoms with Gasteiger partial charge in [-0.05, 0) is 31.6 Å². The van der Waals surface area contributed by atoms with Gasteiger partial charge in [0.25, 0.3) is 0 Å². The SMILES string of the molecule is COC1(CNC(=O)N2CCOC(C3CC3)C2)CC(C(=O)O)C1. The predicted octanol–water partition coefficient (Wildman–Crippen LogP) is 0.687. The highest BCUT2D eigenvalue weighted by atomic mass is 16.5. The number of amides is 2. The molecule has 1 atom stereocenters. The van der Waals surface area contributed by atoms with Gasteiger partial charge in [-0.15, -0.1) is 0 Å². The number of carboxylic acid groups (broad SMARTS) is 1. The van der Waals surface area contributed by atoms with Gasteiger partial charge in [0, 0.05) is 26.7 Å². The van der Waals surface area contributed by atoms with E-state index >= 15 is 0 Å². The molecule has 0 aromatic carbocycles. The second kappa shape index (κ2) is 6.04. The molecule has 2 aliphatic carbocycles. The van der Waals surface area contributed by atoms with Gasteiger partial charge in [-0.3, -0.25) is 4.79 Å². The van der Waals surface area contributed by atoms with Crippen molar-refractivity contribution in [3.05, 3.63) is 0 Å². The second-order valence-corrected chi connectivity index (χ2v) is 6.68. The Morgan fingerprint density at radius 3 is 2.73 bits per heavy atom. The highest BCUT2D eigenvalue weighted by Gasteiger charge is 2.48. The zero-order valence-corrected chi connectivity index (χ0v) is 12.9. The van der Waals surface area contributed by atoms with Crippen molar-refractivity contribution in [2.45, 2.75) is 37.4 Å². The van der Waals surface area contributed by atoms with Gasteiger partial charge in [0.15, 0.2) is 0 Å². The molecule has 3 aliphatic rings. The Labute approximate surface area is 129 Å². The minimum Gasteiger partial charge on any atom is -0.481 e. The number of carbonyl (C=O) groups is 2. The molecule has 3 fully saturated rings. The van der Waals surface area contributed by atoms with Crippen molar-refractivity contribution < 1.29 is 24.2 Å². The van der Waals surface area contributed by atoms with E-state index in [4.69, 9.17) is 14.6 Å². The number of hydrogen-bond acceptors (Lipinski definition) is 4. The summed E-state index contributed by atoms with van der Waals surface area (Å²) >= 11 is 0. The fraction of sp³-hybridized carbons (Fsp3) is 0.867. The highest BCUT2D eigenvalue weighted by molar-refractivity contribution is 5.75. The Morgan fingerprint density at radius 1 is 1.41 bits per heavy atom. The summed E-state index contributed by atoms with van der Waals surface area (Å²) in [5.74, 6) is -0.539. The van der Waals surface area contributed by atoms with Crippen molar-refractivity contribution in [2.24, 2.45) is 11.8 Å². The summed E-state index contributed by atoms with van der Waals surface area (Å²) in [5, 5.41) is 11.9. The molecule has 2 amide bonds. The van der Waals surface area contributed by atoms with E-state index in [9.17, 15) is 9.59 Å². The smallest absolute Gasteiger partial charge is 0.317 e. The summed E-state index contributed by atoms with van der Waals surface area (Å²) in [6.45, 7) is 2.20. The molecule has 7 nitrogen and oxygen atoms in total. The third kappa shape index (κ3) is 3.20. The van der Waals surface area contributed by atoms with Gasteiger partial charge >= 0.3 is 12.0 Å². The van der Waals surface area contributed by atoms with Crippen molar-refractivity contribution in [1.29, 1.82) is 0 Å². The molecule has 7 heteroatoms. The monoisotopic (exact) mass is 312 g/mol. The van der Waals surface area contributed by atoms with Crippen LogP contribution in [0.2, 0.25) is 0 Å². The maximum Gasteiger partial charge on any atom is 0.317 e. The number of carbonyl (C=O) groups excluding carboxylic acids is 1. The number of carboxylic acids is 1. The Kier molecular flexibility index (Phi) is 4.27. The molecular formula is C15H24N2O5. The van der Waals surface area contributed by atoms with Crippen LogP contribution in [0, 0.1) is 11.8 Å². The number of hydrogen-bond donors (Lipinski definition) is 2. The van der Waals surface area contributed by atoms with Gasteiger partial charge in [0.1, 0.15) is 0 Å². The Morgan fingerprint density at radius 2 is 2.14 bits per heavy atom. The Bertz CT molecular complexity index is 445. The molecule has 1 unspecified atom stereocenters. The second-order valence-electron chi connectivity index (χ2n) is 6.68. The van der Waals surface area contributed by atoms with Crippen LogP contribution >= 0.6 is 0 Å². The minimum atomic E-state index is -0.792.